The molecule has 5 nitrogen and oxygen atoms in total. The second-order valence-corrected chi connectivity index (χ2v) is 6.29. The van der Waals surface area contributed by atoms with Crippen LogP contribution in [0.2, 0.25) is 10.0 Å². The second kappa shape index (κ2) is 8.94. The van der Waals surface area contributed by atoms with Gasteiger partial charge in [-0.15, -0.1) is 0 Å². The van der Waals surface area contributed by atoms with Gasteiger partial charge in [0.15, 0.2) is 0 Å². The minimum absolute atomic E-state index is 0.0541. The highest BCUT2D eigenvalue weighted by atomic mass is 35.5. The molecule has 0 radical (unpaired) electrons. The van der Waals surface area contributed by atoms with E-state index in [-0.39, 0.29) is 18.9 Å². The van der Waals surface area contributed by atoms with Crippen LogP contribution in [0.3, 0.4) is 0 Å². The van der Waals surface area contributed by atoms with E-state index in [2.05, 4.69) is 10.4 Å². The Labute approximate surface area is 151 Å². The van der Waals surface area contributed by atoms with Gasteiger partial charge in [0.25, 0.3) is 0 Å². The van der Waals surface area contributed by atoms with Crippen LogP contribution >= 0.6 is 23.2 Å². The number of aryl methyl sites for hydroxylation is 3. The number of hydrogen-bond donors (Lipinski definition) is 1. The zero-order valence-electron chi connectivity index (χ0n) is 13.8. The quantitative estimate of drug-likeness (QED) is 0.720. The molecule has 1 N–H and O–H groups in total. The largest absolute Gasteiger partial charge is 0.491 e. The minimum Gasteiger partial charge on any atom is -0.491 e. The number of hydrogen-bond acceptors (Lipinski definition) is 3. The maximum absolute atomic E-state index is 11.8. The number of nitrogens with zero attached hydrogens (tertiary/aromatic N) is 2. The lowest BCUT2D eigenvalue weighted by Crippen LogP contribution is -2.26. The SMILES string of the molecule is Cc1cc(C)n(CCCNC(=O)CCOc2cccc(Cl)c2Cl)n1. The summed E-state index contributed by atoms with van der Waals surface area (Å²) in [5.41, 5.74) is 2.14. The lowest BCUT2D eigenvalue weighted by atomic mass is 10.3. The van der Waals surface area contributed by atoms with E-state index in [1.165, 1.54) is 0 Å². The van der Waals surface area contributed by atoms with E-state index in [0.29, 0.717) is 22.3 Å². The van der Waals surface area contributed by atoms with Crippen LogP contribution in [0.15, 0.2) is 24.3 Å². The zero-order valence-corrected chi connectivity index (χ0v) is 15.3. The van der Waals surface area contributed by atoms with E-state index in [4.69, 9.17) is 27.9 Å². The molecule has 1 heterocycles. The Kier molecular flexibility index (Phi) is 6.94. The van der Waals surface area contributed by atoms with Crippen molar-refractivity contribution >= 4 is 29.1 Å². The van der Waals surface area contributed by atoms with Gasteiger partial charge in [0.05, 0.1) is 23.7 Å². The van der Waals surface area contributed by atoms with Crippen LogP contribution in [0.25, 0.3) is 0 Å². The molecule has 0 aliphatic rings. The molecule has 1 aromatic carbocycles. The van der Waals surface area contributed by atoms with Crippen LogP contribution in [-0.2, 0) is 11.3 Å². The average molecular weight is 370 g/mol. The molecule has 0 unspecified atom stereocenters. The van der Waals surface area contributed by atoms with Gasteiger partial charge in [-0.2, -0.15) is 5.10 Å². The maximum atomic E-state index is 11.8. The summed E-state index contributed by atoms with van der Waals surface area (Å²) >= 11 is 11.9. The monoisotopic (exact) mass is 369 g/mol. The Balaban J connectivity index is 1.63. The van der Waals surface area contributed by atoms with Gasteiger partial charge in [-0.25, -0.2) is 0 Å². The molecule has 1 amide bonds. The van der Waals surface area contributed by atoms with E-state index < -0.39 is 0 Å². The average Bonchev–Trinajstić information content (AvgIpc) is 2.86. The van der Waals surface area contributed by atoms with Crippen molar-refractivity contribution in [3.05, 3.63) is 45.7 Å². The van der Waals surface area contributed by atoms with Crippen molar-refractivity contribution < 1.29 is 9.53 Å². The molecule has 0 saturated heterocycles. The van der Waals surface area contributed by atoms with Crippen LogP contribution in [0.5, 0.6) is 5.75 Å². The molecule has 0 spiro atoms. The van der Waals surface area contributed by atoms with Crippen molar-refractivity contribution in [3.63, 3.8) is 0 Å². The summed E-state index contributed by atoms with van der Waals surface area (Å²) in [7, 11) is 0. The molecular weight excluding hydrogens is 349 g/mol. The van der Waals surface area contributed by atoms with E-state index in [1.54, 1.807) is 18.2 Å². The highest BCUT2D eigenvalue weighted by molar-refractivity contribution is 6.42. The van der Waals surface area contributed by atoms with Crippen LogP contribution in [0.1, 0.15) is 24.2 Å². The predicted octanol–water partition coefficient (Wildman–Crippen LogP) is 3.78. The first-order valence-corrected chi connectivity index (χ1v) is 8.57. The zero-order chi connectivity index (χ0) is 17.5. The summed E-state index contributed by atoms with van der Waals surface area (Å²) in [5.74, 6) is 0.433. The highest BCUT2D eigenvalue weighted by Crippen LogP contribution is 2.31. The van der Waals surface area contributed by atoms with Crippen LogP contribution in [0, 0.1) is 13.8 Å². The smallest absolute Gasteiger partial charge is 0.223 e. The lowest BCUT2D eigenvalue weighted by molar-refractivity contribution is -0.121. The fourth-order valence-electron chi connectivity index (χ4n) is 2.30. The number of rotatable bonds is 8. The Bertz CT molecular complexity index is 701. The first-order chi connectivity index (χ1) is 11.5. The van der Waals surface area contributed by atoms with Gasteiger partial charge >= 0.3 is 0 Å². The number of carbonyl (C=O) groups excluding carboxylic acids is 1. The van der Waals surface area contributed by atoms with E-state index in [9.17, 15) is 4.79 Å². The second-order valence-electron chi connectivity index (χ2n) is 5.50. The molecule has 0 bridgehead atoms. The van der Waals surface area contributed by atoms with Gasteiger partial charge in [-0.3, -0.25) is 9.48 Å². The number of ether oxygens (including phenoxy) is 1. The Hall–Kier alpha value is -1.72. The summed E-state index contributed by atoms with van der Waals surface area (Å²) in [6.45, 7) is 5.64. The first-order valence-electron chi connectivity index (χ1n) is 7.82. The molecule has 0 aliphatic carbocycles. The number of nitrogens with one attached hydrogen (secondary N) is 1. The Morgan fingerprint density at radius 2 is 2.12 bits per heavy atom. The predicted molar refractivity (Wildman–Crippen MR) is 95.9 cm³/mol. The van der Waals surface area contributed by atoms with E-state index >= 15 is 0 Å². The molecule has 2 aromatic rings. The molecule has 0 aliphatic heterocycles. The molecule has 0 fully saturated rings. The van der Waals surface area contributed by atoms with Gasteiger partial charge in [-0.05, 0) is 38.5 Å². The fourth-order valence-corrected chi connectivity index (χ4v) is 2.64. The lowest BCUT2D eigenvalue weighted by Gasteiger charge is -2.09. The summed E-state index contributed by atoms with van der Waals surface area (Å²) < 4.78 is 7.44. The number of aromatic nitrogens is 2. The molecule has 24 heavy (non-hydrogen) atoms. The van der Waals surface area contributed by atoms with Crippen molar-refractivity contribution in [1.29, 1.82) is 0 Å². The molecule has 0 atom stereocenters. The number of amides is 1. The van der Waals surface area contributed by atoms with Gasteiger partial charge in [0.1, 0.15) is 10.8 Å². The minimum atomic E-state index is -0.0541. The van der Waals surface area contributed by atoms with Crippen molar-refractivity contribution in [3.8, 4) is 5.75 Å². The molecular formula is C17H21Cl2N3O2. The van der Waals surface area contributed by atoms with Crippen molar-refractivity contribution in [2.24, 2.45) is 0 Å². The van der Waals surface area contributed by atoms with Gasteiger partial charge in [0.2, 0.25) is 5.91 Å². The summed E-state index contributed by atoms with van der Waals surface area (Å²) in [5, 5.41) is 8.06. The highest BCUT2D eigenvalue weighted by Gasteiger charge is 2.07. The van der Waals surface area contributed by atoms with E-state index in [1.807, 2.05) is 24.6 Å². The summed E-state index contributed by atoms with van der Waals surface area (Å²) in [6, 6.07) is 7.20. The summed E-state index contributed by atoms with van der Waals surface area (Å²) in [6.07, 6.45) is 1.09. The van der Waals surface area contributed by atoms with Crippen LogP contribution < -0.4 is 10.1 Å². The summed E-state index contributed by atoms with van der Waals surface area (Å²) in [4.78, 5) is 11.8. The van der Waals surface area contributed by atoms with Crippen molar-refractivity contribution in [1.82, 2.24) is 15.1 Å². The number of carbonyl (C=O) groups is 1. The van der Waals surface area contributed by atoms with Gasteiger partial charge in [0, 0.05) is 18.8 Å². The normalized spacial score (nSPS) is 10.7. The third-order valence-corrected chi connectivity index (χ3v) is 4.28. The van der Waals surface area contributed by atoms with E-state index in [0.717, 1.165) is 24.4 Å². The van der Waals surface area contributed by atoms with Crippen molar-refractivity contribution in [2.75, 3.05) is 13.2 Å². The maximum Gasteiger partial charge on any atom is 0.223 e. The third kappa shape index (κ3) is 5.42. The van der Waals surface area contributed by atoms with Gasteiger partial charge < -0.3 is 10.1 Å². The molecule has 1 aromatic heterocycles. The standard InChI is InChI=1S/C17H21Cl2N3O2/c1-12-11-13(2)22(21-12)9-4-8-20-16(23)7-10-24-15-6-3-5-14(18)17(15)19/h3,5-6,11H,4,7-10H2,1-2H3,(H,20,23). The van der Waals surface area contributed by atoms with Gasteiger partial charge in [-0.1, -0.05) is 29.3 Å². The number of benzene rings is 1. The molecule has 7 heteroatoms. The molecule has 2 rings (SSSR count). The van der Waals surface area contributed by atoms with Crippen LogP contribution in [-0.4, -0.2) is 28.8 Å². The Morgan fingerprint density at radius 3 is 2.83 bits per heavy atom. The third-order valence-electron chi connectivity index (χ3n) is 3.48. The molecule has 0 saturated carbocycles. The number of halogens is 2. The van der Waals surface area contributed by atoms with Crippen LogP contribution in [0.4, 0.5) is 0 Å². The fraction of sp³-hybridized carbons (Fsp3) is 0.412. The van der Waals surface area contributed by atoms with Crippen molar-refractivity contribution in [2.45, 2.75) is 33.2 Å². The topological polar surface area (TPSA) is 56.2 Å². The Morgan fingerprint density at radius 1 is 1.33 bits per heavy atom. The first kappa shape index (κ1) is 18.6. The molecule has 130 valence electrons.